The molecule has 0 bridgehead atoms. The van der Waals surface area contributed by atoms with Crippen LogP contribution in [0.5, 0.6) is 0 Å². The predicted molar refractivity (Wildman–Crippen MR) is 123 cm³/mol. The lowest BCUT2D eigenvalue weighted by Crippen LogP contribution is -2.41. The minimum atomic E-state index is -0.800. The number of piperidine rings is 1. The molecule has 0 saturated carbocycles. The van der Waals surface area contributed by atoms with E-state index in [1.807, 2.05) is 30.3 Å². The normalized spacial score (nSPS) is 15.8. The minimum Gasteiger partial charge on any atom is -0.356 e. The van der Waals surface area contributed by atoms with Crippen LogP contribution >= 0.6 is 0 Å². The highest BCUT2D eigenvalue weighted by Crippen LogP contribution is 2.31. The highest BCUT2D eigenvalue weighted by Gasteiger charge is 2.28. The zero-order valence-corrected chi connectivity index (χ0v) is 18.2. The number of hydrogen-bond donors (Lipinski definition) is 1. The molecule has 0 unspecified atom stereocenters. The Kier molecular flexibility index (Phi) is 5.90. The largest absolute Gasteiger partial charge is 0.356 e. The van der Waals surface area contributed by atoms with Crippen LogP contribution in [0.4, 0.5) is 25.1 Å². The van der Waals surface area contributed by atoms with Crippen LogP contribution in [0.3, 0.4) is 0 Å². The molecule has 2 aliphatic heterocycles. The van der Waals surface area contributed by atoms with Gasteiger partial charge in [0, 0.05) is 43.2 Å². The Bertz CT molecular complexity index is 1160. The first-order chi connectivity index (χ1) is 16.1. The van der Waals surface area contributed by atoms with Gasteiger partial charge in [-0.1, -0.05) is 30.3 Å². The molecule has 8 heteroatoms. The van der Waals surface area contributed by atoms with Crippen molar-refractivity contribution in [2.45, 2.75) is 32.2 Å². The molecule has 0 aliphatic carbocycles. The summed E-state index contributed by atoms with van der Waals surface area (Å²) in [6, 6.07) is 12.6. The molecule has 0 radical (unpaired) electrons. The zero-order chi connectivity index (χ0) is 22.8. The van der Waals surface area contributed by atoms with Crippen LogP contribution in [0, 0.1) is 11.6 Å². The van der Waals surface area contributed by atoms with Crippen molar-refractivity contribution in [2.24, 2.45) is 0 Å². The number of urea groups is 1. The monoisotopic (exact) mass is 449 g/mol. The quantitative estimate of drug-likeness (QED) is 0.611. The van der Waals surface area contributed by atoms with Crippen LogP contribution in [-0.2, 0) is 13.0 Å². The van der Waals surface area contributed by atoms with E-state index < -0.39 is 17.7 Å². The molecule has 0 atom stereocenters. The Morgan fingerprint density at radius 2 is 1.73 bits per heavy atom. The van der Waals surface area contributed by atoms with Crippen molar-refractivity contribution in [3.05, 3.63) is 71.4 Å². The lowest BCUT2D eigenvalue weighted by Gasteiger charge is -2.34. The number of halogens is 2. The average molecular weight is 450 g/mol. The van der Waals surface area contributed by atoms with Crippen molar-refractivity contribution in [1.29, 1.82) is 0 Å². The average Bonchev–Trinajstić information content (AvgIpc) is 2.85. The number of carbonyl (C=O) groups is 1. The number of amides is 2. The van der Waals surface area contributed by atoms with Gasteiger partial charge in [0.1, 0.15) is 17.5 Å². The minimum absolute atomic E-state index is 0.0425. The summed E-state index contributed by atoms with van der Waals surface area (Å²) in [7, 11) is 0. The summed E-state index contributed by atoms with van der Waals surface area (Å²) >= 11 is 0. The number of benzene rings is 2. The van der Waals surface area contributed by atoms with Gasteiger partial charge in [-0.15, -0.1) is 0 Å². The molecular formula is C25H25F2N5O. The zero-order valence-electron chi connectivity index (χ0n) is 18.2. The second kappa shape index (κ2) is 9.13. The molecule has 1 fully saturated rings. The molecule has 2 aliphatic rings. The third-order valence-electron chi connectivity index (χ3n) is 6.19. The SMILES string of the molecule is O=C(Nc1ccc(F)cc1F)N1CCc2nc(-c3ccccc3)nc(N3CCCCC3)c2C1. The van der Waals surface area contributed by atoms with Crippen molar-refractivity contribution < 1.29 is 13.6 Å². The van der Waals surface area contributed by atoms with E-state index in [1.54, 1.807) is 4.90 Å². The van der Waals surface area contributed by atoms with Crippen molar-refractivity contribution in [1.82, 2.24) is 14.9 Å². The Morgan fingerprint density at radius 3 is 2.48 bits per heavy atom. The number of nitrogens with one attached hydrogen (secondary N) is 1. The fourth-order valence-electron chi connectivity index (χ4n) is 4.44. The summed E-state index contributed by atoms with van der Waals surface area (Å²) in [5, 5.41) is 2.57. The highest BCUT2D eigenvalue weighted by atomic mass is 19.1. The van der Waals surface area contributed by atoms with E-state index in [9.17, 15) is 13.6 Å². The molecule has 33 heavy (non-hydrogen) atoms. The third kappa shape index (κ3) is 4.51. The fourth-order valence-corrected chi connectivity index (χ4v) is 4.44. The van der Waals surface area contributed by atoms with Gasteiger partial charge in [0.05, 0.1) is 17.9 Å². The van der Waals surface area contributed by atoms with Crippen molar-refractivity contribution in [2.75, 3.05) is 29.9 Å². The molecule has 0 spiro atoms. The highest BCUT2D eigenvalue weighted by molar-refractivity contribution is 5.89. The van der Waals surface area contributed by atoms with Crippen molar-refractivity contribution in [3.8, 4) is 11.4 Å². The molecule has 5 rings (SSSR count). The number of anilines is 2. The Morgan fingerprint density at radius 1 is 0.939 bits per heavy atom. The topological polar surface area (TPSA) is 61.4 Å². The Labute approximate surface area is 191 Å². The maximum Gasteiger partial charge on any atom is 0.322 e. The first-order valence-corrected chi connectivity index (χ1v) is 11.3. The van der Waals surface area contributed by atoms with Gasteiger partial charge >= 0.3 is 6.03 Å². The van der Waals surface area contributed by atoms with Crippen LogP contribution < -0.4 is 10.2 Å². The summed E-state index contributed by atoms with van der Waals surface area (Å²) < 4.78 is 27.2. The maximum absolute atomic E-state index is 14.0. The lowest BCUT2D eigenvalue weighted by atomic mass is 10.0. The predicted octanol–water partition coefficient (Wildman–Crippen LogP) is 5.00. The summed E-state index contributed by atoms with van der Waals surface area (Å²) in [5.74, 6) is 0.0887. The standard InChI is InChI=1S/C25H25F2N5O/c26-18-9-10-22(20(27)15-18)29-25(33)32-14-11-21-19(16-32)24(31-12-5-2-6-13-31)30-23(28-21)17-7-3-1-4-8-17/h1,3-4,7-10,15H,2,5-6,11-14,16H2,(H,29,33). The molecule has 6 nitrogen and oxygen atoms in total. The molecule has 3 heterocycles. The number of aromatic nitrogens is 2. The van der Waals surface area contributed by atoms with Crippen molar-refractivity contribution in [3.63, 3.8) is 0 Å². The van der Waals surface area contributed by atoms with E-state index >= 15 is 0 Å². The molecule has 1 N–H and O–H groups in total. The lowest BCUT2D eigenvalue weighted by molar-refractivity contribution is 0.205. The van der Waals surface area contributed by atoms with Gasteiger partial charge in [-0.3, -0.25) is 0 Å². The van der Waals surface area contributed by atoms with Crippen molar-refractivity contribution >= 4 is 17.5 Å². The van der Waals surface area contributed by atoms with Crippen LogP contribution in [0.1, 0.15) is 30.5 Å². The Hall–Kier alpha value is -3.55. The van der Waals surface area contributed by atoms with E-state index in [0.29, 0.717) is 25.3 Å². The van der Waals surface area contributed by atoms with Gasteiger partial charge < -0.3 is 15.1 Å². The molecule has 1 aromatic heterocycles. The van der Waals surface area contributed by atoms with Gasteiger partial charge in [0.15, 0.2) is 5.82 Å². The van der Waals surface area contributed by atoms with Crippen LogP contribution in [0.2, 0.25) is 0 Å². The maximum atomic E-state index is 14.0. The van der Waals surface area contributed by atoms with E-state index in [0.717, 1.165) is 60.7 Å². The first kappa shape index (κ1) is 21.3. The number of rotatable bonds is 3. The van der Waals surface area contributed by atoms with Gasteiger partial charge in [-0.2, -0.15) is 0 Å². The summed E-state index contributed by atoms with van der Waals surface area (Å²) in [6.45, 7) is 2.63. The van der Waals surface area contributed by atoms with Crippen LogP contribution in [0.25, 0.3) is 11.4 Å². The molecule has 3 aromatic rings. The second-order valence-electron chi connectivity index (χ2n) is 8.44. The third-order valence-corrected chi connectivity index (χ3v) is 6.19. The second-order valence-corrected chi connectivity index (χ2v) is 8.44. The smallest absolute Gasteiger partial charge is 0.322 e. The number of fused-ring (bicyclic) bond motifs is 1. The van der Waals surface area contributed by atoms with Gasteiger partial charge in [-0.05, 0) is 31.4 Å². The van der Waals surface area contributed by atoms with Crippen LogP contribution in [0.15, 0.2) is 48.5 Å². The molecule has 1 saturated heterocycles. The number of carbonyl (C=O) groups excluding carboxylic acids is 1. The van der Waals surface area contributed by atoms with Gasteiger partial charge in [0.2, 0.25) is 0 Å². The van der Waals surface area contributed by atoms with Crippen LogP contribution in [-0.4, -0.2) is 40.5 Å². The van der Waals surface area contributed by atoms with E-state index in [1.165, 1.54) is 12.5 Å². The van der Waals surface area contributed by atoms with E-state index in [4.69, 9.17) is 9.97 Å². The molecule has 170 valence electrons. The molecular weight excluding hydrogens is 424 g/mol. The van der Waals surface area contributed by atoms with E-state index in [2.05, 4.69) is 10.2 Å². The summed E-state index contributed by atoms with van der Waals surface area (Å²) in [4.78, 5) is 26.6. The number of hydrogen-bond acceptors (Lipinski definition) is 4. The van der Waals surface area contributed by atoms with Gasteiger partial charge in [-0.25, -0.2) is 23.5 Å². The first-order valence-electron chi connectivity index (χ1n) is 11.3. The van der Waals surface area contributed by atoms with Gasteiger partial charge in [0.25, 0.3) is 0 Å². The molecule has 2 aromatic carbocycles. The fraction of sp³-hybridized carbons (Fsp3) is 0.320. The summed E-state index contributed by atoms with van der Waals surface area (Å²) in [6.07, 6.45) is 3.99. The molecule has 2 amide bonds. The summed E-state index contributed by atoms with van der Waals surface area (Å²) in [5.41, 5.74) is 2.81. The number of nitrogens with zero attached hydrogens (tertiary/aromatic N) is 4. The Balaban J connectivity index is 1.45. The van der Waals surface area contributed by atoms with E-state index in [-0.39, 0.29) is 5.69 Å².